The average molecular weight is 439 g/mol. The van der Waals surface area contributed by atoms with Crippen LogP contribution in [0, 0.1) is 0 Å². The van der Waals surface area contributed by atoms with Crippen LogP contribution in [0.15, 0.2) is 54.6 Å². The maximum atomic E-state index is 12.5. The van der Waals surface area contributed by atoms with Crippen LogP contribution in [0.5, 0.6) is 0 Å². The Morgan fingerprint density at radius 1 is 1.03 bits per heavy atom. The second-order valence-electron chi connectivity index (χ2n) is 9.63. The van der Waals surface area contributed by atoms with Crippen molar-refractivity contribution >= 4 is 17.4 Å². The predicted molar refractivity (Wildman–Crippen MR) is 126 cm³/mol. The number of nitrogens with one attached hydrogen (secondary N) is 1. The van der Waals surface area contributed by atoms with Crippen molar-refractivity contribution in [3.8, 4) is 0 Å². The van der Waals surface area contributed by atoms with Crippen molar-refractivity contribution < 1.29 is 19.4 Å². The number of Topliss-reactive ketones (excluding diaryl/α,β-unsaturated/α-hetero) is 1. The first kappa shape index (κ1) is 24.0. The highest BCUT2D eigenvalue weighted by atomic mass is 16.6. The largest absolute Gasteiger partial charge is 0.456 e. The summed E-state index contributed by atoms with van der Waals surface area (Å²) in [6.45, 7) is 8.04. The van der Waals surface area contributed by atoms with Crippen LogP contribution in [0.2, 0.25) is 0 Å². The summed E-state index contributed by atoms with van der Waals surface area (Å²) in [4.78, 5) is 26.9. The lowest BCUT2D eigenvalue weighted by molar-refractivity contribution is -0.124. The zero-order valence-corrected chi connectivity index (χ0v) is 19.3. The molecule has 1 aliphatic rings. The monoisotopic (exact) mass is 438 g/mol. The van der Waals surface area contributed by atoms with Gasteiger partial charge in [0.1, 0.15) is 5.60 Å². The number of nitrogens with zero attached hydrogens (tertiary/aromatic N) is 1. The summed E-state index contributed by atoms with van der Waals surface area (Å²) in [5.41, 5.74) is 0.991. The topological polar surface area (TPSA) is 78.9 Å². The molecule has 0 atom stereocenters. The van der Waals surface area contributed by atoms with Crippen molar-refractivity contribution in [2.24, 2.45) is 0 Å². The van der Waals surface area contributed by atoms with E-state index in [4.69, 9.17) is 4.74 Å². The van der Waals surface area contributed by atoms with E-state index >= 15 is 0 Å². The van der Waals surface area contributed by atoms with Gasteiger partial charge in [-0.05, 0) is 63.4 Å². The molecule has 6 heteroatoms. The molecule has 0 aromatic heterocycles. The average Bonchev–Trinajstić information content (AvgIpc) is 2.74. The van der Waals surface area contributed by atoms with Crippen LogP contribution in [-0.4, -0.2) is 52.6 Å². The summed E-state index contributed by atoms with van der Waals surface area (Å²) in [7, 11) is 0. The Labute approximate surface area is 190 Å². The molecule has 0 bridgehead atoms. The molecule has 2 N–H and O–H groups in total. The van der Waals surface area contributed by atoms with Gasteiger partial charge in [0.05, 0.1) is 17.7 Å². The minimum atomic E-state index is -0.938. The number of aliphatic hydroxyl groups is 1. The van der Waals surface area contributed by atoms with E-state index in [9.17, 15) is 14.7 Å². The molecule has 1 fully saturated rings. The minimum absolute atomic E-state index is 0.0276. The van der Waals surface area contributed by atoms with E-state index in [2.05, 4.69) is 22.3 Å². The molecule has 0 saturated carbocycles. The molecular formula is C26H34N2O4. The van der Waals surface area contributed by atoms with Gasteiger partial charge >= 0.3 is 5.97 Å². The van der Waals surface area contributed by atoms with E-state index in [0.717, 1.165) is 25.3 Å². The molecule has 32 heavy (non-hydrogen) atoms. The van der Waals surface area contributed by atoms with Crippen LogP contribution in [0.25, 0.3) is 0 Å². The standard InChI is InChI=1S/C26H34N2O4/c1-25(2,3)32-24(30)21-9-11-22(12-10-21)27-18-23(29)17-26(31)13-15-28(16-14-26)19-20-7-5-4-6-8-20/h4-12,27,31H,13-19H2,1-3H3. The number of ether oxygens (including phenoxy) is 1. The zero-order valence-electron chi connectivity index (χ0n) is 19.3. The molecule has 2 aromatic carbocycles. The van der Waals surface area contributed by atoms with Gasteiger partial charge in [-0.3, -0.25) is 9.69 Å². The Morgan fingerprint density at radius 2 is 1.66 bits per heavy atom. The molecule has 0 spiro atoms. The zero-order chi connectivity index (χ0) is 23.2. The molecule has 0 aliphatic carbocycles. The van der Waals surface area contributed by atoms with Crippen molar-refractivity contribution in [1.29, 1.82) is 0 Å². The van der Waals surface area contributed by atoms with E-state index in [1.807, 2.05) is 39.0 Å². The number of likely N-dealkylation sites (tertiary alicyclic amines) is 1. The van der Waals surface area contributed by atoms with Gasteiger partial charge in [0.25, 0.3) is 0 Å². The van der Waals surface area contributed by atoms with Crippen molar-refractivity contribution in [3.63, 3.8) is 0 Å². The fourth-order valence-electron chi connectivity index (χ4n) is 3.84. The molecule has 2 aromatic rings. The molecule has 0 amide bonds. The van der Waals surface area contributed by atoms with Crippen LogP contribution in [0.3, 0.4) is 0 Å². The quantitative estimate of drug-likeness (QED) is 0.606. The third kappa shape index (κ3) is 7.46. The molecule has 0 radical (unpaired) electrons. The van der Waals surface area contributed by atoms with Crippen LogP contribution >= 0.6 is 0 Å². The van der Waals surface area contributed by atoms with E-state index in [1.165, 1.54) is 5.56 Å². The Morgan fingerprint density at radius 3 is 2.25 bits per heavy atom. The first-order valence-electron chi connectivity index (χ1n) is 11.2. The number of carbonyl (C=O) groups excluding carboxylic acids is 2. The summed E-state index contributed by atoms with van der Waals surface area (Å²) in [6.07, 6.45) is 1.33. The summed E-state index contributed by atoms with van der Waals surface area (Å²) >= 11 is 0. The van der Waals surface area contributed by atoms with Crippen LogP contribution in [0.4, 0.5) is 5.69 Å². The third-order valence-corrected chi connectivity index (χ3v) is 5.57. The summed E-state index contributed by atoms with van der Waals surface area (Å²) in [5.74, 6) is -0.402. The van der Waals surface area contributed by atoms with E-state index in [0.29, 0.717) is 18.4 Å². The van der Waals surface area contributed by atoms with Gasteiger partial charge in [-0.1, -0.05) is 30.3 Å². The highest BCUT2D eigenvalue weighted by Crippen LogP contribution is 2.27. The number of esters is 1. The second kappa shape index (κ2) is 10.3. The second-order valence-corrected chi connectivity index (χ2v) is 9.63. The van der Waals surface area contributed by atoms with Crippen molar-refractivity contribution in [1.82, 2.24) is 4.90 Å². The number of ketones is 1. The SMILES string of the molecule is CC(C)(C)OC(=O)c1ccc(NCC(=O)CC2(O)CCN(Cc3ccccc3)CC2)cc1. The molecule has 3 rings (SSSR count). The maximum Gasteiger partial charge on any atom is 0.338 e. The van der Waals surface area contributed by atoms with Crippen molar-refractivity contribution in [2.75, 3.05) is 25.0 Å². The van der Waals surface area contributed by atoms with Crippen LogP contribution in [0.1, 0.15) is 56.0 Å². The smallest absolute Gasteiger partial charge is 0.338 e. The molecule has 172 valence electrons. The first-order chi connectivity index (χ1) is 15.1. The molecular weight excluding hydrogens is 404 g/mol. The Hall–Kier alpha value is -2.70. The maximum absolute atomic E-state index is 12.5. The number of hydrogen-bond acceptors (Lipinski definition) is 6. The summed E-state index contributed by atoms with van der Waals surface area (Å²) in [5, 5.41) is 14.0. The Balaban J connectivity index is 1.42. The predicted octanol–water partition coefficient (Wildman–Crippen LogP) is 4.04. The Bertz CT molecular complexity index is 896. The first-order valence-corrected chi connectivity index (χ1v) is 11.2. The fourth-order valence-corrected chi connectivity index (χ4v) is 3.84. The highest BCUT2D eigenvalue weighted by molar-refractivity contribution is 5.90. The molecule has 1 heterocycles. The number of hydrogen-bond donors (Lipinski definition) is 2. The molecule has 6 nitrogen and oxygen atoms in total. The fraction of sp³-hybridized carbons (Fsp3) is 0.462. The molecule has 0 unspecified atom stereocenters. The van der Waals surface area contributed by atoms with E-state index in [-0.39, 0.29) is 24.7 Å². The van der Waals surface area contributed by atoms with Crippen molar-refractivity contribution in [2.45, 2.75) is 57.8 Å². The number of carbonyl (C=O) groups is 2. The minimum Gasteiger partial charge on any atom is -0.456 e. The van der Waals surface area contributed by atoms with Crippen LogP contribution < -0.4 is 5.32 Å². The summed E-state index contributed by atoms with van der Waals surface area (Å²) in [6, 6.07) is 17.2. The highest BCUT2D eigenvalue weighted by Gasteiger charge is 2.34. The van der Waals surface area contributed by atoms with Gasteiger partial charge in [0.2, 0.25) is 0 Å². The molecule has 1 aliphatic heterocycles. The van der Waals surface area contributed by atoms with E-state index in [1.54, 1.807) is 24.3 Å². The number of benzene rings is 2. The van der Waals surface area contributed by atoms with Gasteiger partial charge in [0.15, 0.2) is 5.78 Å². The lowest BCUT2D eigenvalue weighted by Crippen LogP contribution is -2.45. The normalized spacial score (nSPS) is 16.4. The van der Waals surface area contributed by atoms with Gasteiger partial charge in [-0.25, -0.2) is 4.79 Å². The Kier molecular flexibility index (Phi) is 7.69. The lowest BCUT2D eigenvalue weighted by atomic mass is 9.86. The number of anilines is 1. The van der Waals surface area contributed by atoms with Gasteiger partial charge < -0.3 is 15.2 Å². The van der Waals surface area contributed by atoms with Crippen LogP contribution in [-0.2, 0) is 16.1 Å². The van der Waals surface area contributed by atoms with Crippen molar-refractivity contribution in [3.05, 3.63) is 65.7 Å². The lowest BCUT2D eigenvalue weighted by Gasteiger charge is -2.38. The van der Waals surface area contributed by atoms with Gasteiger partial charge in [-0.15, -0.1) is 0 Å². The number of rotatable bonds is 8. The number of piperidine rings is 1. The third-order valence-electron chi connectivity index (χ3n) is 5.57. The molecule has 1 saturated heterocycles. The van der Waals surface area contributed by atoms with Gasteiger partial charge in [0, 0.05) is 31.7 Å². The van der Waals surface area contributed by atoms with E-state index < -0.39 is 11.2 Å². The van der Waals surface area contributed by atoms with Gasteiger partial charge in [-0.2, -0.15) is 0 Å². The summed E-state index contributed by atoms with van der Waals surface area (Å²) < 4.78 is 5.35.